The minimum absolute atomic E-state index is 0. The molecule has 0 atom stereocenters. The maximum absolute atomic E-state index is 9.00. The van der Waals surface area contributed by atoms with Crippen LogP contribution in [-0.4, -0.2) is 6.03 Å². The summed E-state index contributed by atoms with van der Waals surface area (Å²) in [7, 11) is 0. The normalized spacial score (nSPS) is 4.80. The van der Waals surface area contributed by atoms with Crippen LogP contribution < -0.4 is 11.5 Å². The molecular weight excluding hydrogens is 96.0 g/mol. The molecule has 0 rings (SSSR count). The van der Waals surface area contributed by atoms with Crippen LogP contribution in [0.25, 0.3) is 0 Å². The van der Waals surface area contributed by atoms with E-state index in [0.29, 0.717) is 0 Å². The molecule has 0 aromatic carbocycles. The van der Waals surface area contributed by atoms with Gasteiger partial charge in [0.25, 0.3) is 0 Å². The third-order valence-electron chi connectivity index (χ3n) is 0. The van der Waals surface area contributed by atoms with E-state index in [9.17, 15) is 0 Å². The molecule has 0 aromatic heterocycles. The van der Waals surface area contributed by atoms with E-state index in [1.54, 1.807) is 0 Å². The monoisotopic (exact) mass is 100.0 g/mol. The summed E-state index contributed by atoms with van der Waals surface area (Å²) >= 11 is 0. The van der Waals surface area contributed by atoms with Gasteiger partial charge in [-0.1, -0.05) is 0 Å². The minimum atomic E-state index is -0.833. The largest absolute Gasteiger partial charge is 0.352 e. The molecule has 0 aliphatic carbocycles. The van der Waals surface area contributed by atoms with E-state index < -0.39 is 6.03 Å². The first-order valence-electron chi connectivity index (χ1n) is 0.781. The fraction of sp³-hybridized carbons (Fsp3) is 0. The van der Waals surface area contributed by atoms with Crippen LogP contribution in [0, 0.1) is 37.7 Å². The molecule has 0 radical (unpaired) electrons. The van der Waals surface area contributed by atoms with Crippen LogP contribution in [-0.2, 0) is 0 Å². The van der Waals surface area contributed by atoms with Crippen LogP contribution in [0.15, 0.2) is 0 Å². The molecule has 0 unspecified atom stereocenters. The standard InChI is InChI=1S/CH4N2O.Ar/c2-1(3)4;/h(H4,2,3,4);. The number of amides is 2. The van der Waals surface area contributed by atoms with Crippen LogP contribution in [0.4, 0.5) is 4.79 Å². The van der Waals surface area contributed by atoms with E-state index in [4.69, 9.17) is 4.79 Å². The quantitative estimate of drug-likeness (QED) is 0.403. The van der Waals surface area contributed by atoms with Crippen molar-refractivity contribution in [1.29, 1.82) is 0 Å². The molecule has 0 aromatic rings. The molecule has 0 aliphatic heterocycles. The number of carbonyl (C=O) groups excluding carboxylic acids is 1. The fourth-order valence-electron chi connectivity index (χ4n) is 0. The molecule has 0 aliphatic rings. The van der Waals surface area contributed by atoms with Gasteiger partial charge in [0.05, 0.1) is 0 Å². The van der Waals surface area contributed by atoms with Gasteiger partial charge >= 0.3 is 6.03 Å². The molecule has 2 amide bonds. The van der Waals surface area contributed by atoms with Gasteiger partial charge in [-0.3, -0.25) is 0 Å². The van der Waals surface area contributed by atoms with Crippen molar-refractivity contribution in [3.05, 3.63) is 0 Å². The Hall–Kier alpha value is 0.530. The number of urea groups is 1. The van der Waals surface area contributed by atoms with Crippen molar-refractivity contribution in [3.63, 3.8) is 0 Å². The van der Waals surface area contributed by atoms with Gasteiger partial charge in [-0.2, -0.15) is 0 Å². The Morgan fingerprint density at radius 2 is 1.40 bits per heavy atom. The third-order valence-corrected chi connectivity index (χ3v) is 0. The van der Waals surface area contributed by atoms with Gasteiger partial charge in [0, 0.05) is 37.7 Å². The van der Waals surface area contributed by atoms with Gasteiger partial charge in [0.2, 0.25) is 0 Å². The number of nitrogens with two attached hydrogens (primary N) is 2. The molecule has 3 nitrogen and oxygen atoms in total. The molecule has 0 heterocycles. The molecule has 0 spiro atoms. The smallest absolute Gasteiger partial charge is 0.309 e. The zero-order valence-electron chi connectivity index (χ0n) is 2.42. The average Bonchev–Trinajstić information content (AvgIpc) is 0.811. The number of primary amides is 2. The molecule has 5 heavy (non-hydrogen) atoms. The Kier molecular flexibility index (Phi) is 8.25. The second-order valence-corrected chi connectivity index (χ2v) is 0.402. The predicted molar refractivity (Wildman–Crippen MR) is 13.8 cm³/mol. The van der Waals surface area contributed by atoms with Crippen molar-refractivity contribution >= 4 is 6.03 Å². The van der Waals surface area contributed by atoms with E-state index in [2.05, 4.69) is 11.5 Å². The van der Waals surface area contributed by atoms with Crippen LogP contribution in [0.5, 0.6) is 0 Å². The molecule has 32 valence electrons. The van der Waals surface area contributed by atoms with Crippen molar-refractivity contribution in [3.8, 4) is 0 Å². The molecule has 0 bridgehead atoms. The van der Waals surface area contributed by atoms with Crippen LogP contribution in [0.1, 0.15) is 0 Å². The van der Waals surface area contributed by atoms with E-state index in [0.717, 1.165) is 0 Å². The summed E-state index contributed by atoms with van der Waals surface area (Å²) in [6, 6.07) is -0.833. The summed E-state index contributed by atoms with van der Waals surface area (Å²) < 4.78 is 0. The summed E-state index contributed by atoms with van der Waals surface area (Å²) in [5.41, 5.74) is 8.50. The number of hydrogen-bond acceptors (Lipinski definition) is 1. The summed E-state index contributed by atoms with van der Waals surface area (Å²) in [5.74, 6) is 0. The van der Waals surface area contributed by atoms with Gasteiger partial charge in [0.1, 0.15) is 0 Å². The van der Waals surface area contributed by atoms with Gasteiger partial charge in [-0.25, -0.2) is 4.79 Å². The van der Waals surface area contributed by atoms with E-state index in [1.807, 2.05) is 0 Å². The van der Waals surface area contributed by atoms with Gasteiger partial charge in [0.15, 0.2) is 0 Å². The minimum Gasteiger partial charge on any atom is -0.352 e. The Morgan fingerprint density at radius 1 is 1.40 bits per heavy atom. The summed E-state index contributed by atoms with van der Waals surface area (Å²) in [6.45, 7) is 0. The van der Waals surface area contributed by atoms with Crippen LogP contribution in [0.3, 0.4) is 0 Å². The van der Waals surface area contributed by atoms with Crippen molar-refractivity contribution < 1.29 is 42.5 Å². The Bertz CT molecular complexity index is 32.6. The van der Waals surface area contributed by atoms with Crippen molar-refractivity contribution in [2.75, 3.05) is 0 Å². The maximum atomic E-state index is 9.00. The maximum Gasteiger partial charge on any atom is 0.309 e. The first-order chi connectivity index (χ1) is 1.73. The number of hydrogen-bond donors (Lipinski definition) is 2. The molecule has 0 fully saturated rings. The summed E-state index contributed by atoms with van der Waals surface area (Å²) in [6.07, 6.45) is 0. The first-order valence-corrected chi connectivity index (χ1v) is 0.781. The Balaban J connectivity index is 0. The second-order valence-electron chi connectivity index (χ2n) is 0.402. The van der Waals surface area contributed by atoms with Crippen molar-refractivity contribution in [2.24, 2.45) is 11.5 Å². The van der Waals surface area contributed by atoms with E-state index in [-0.39, 0.29) is 37.7 Å². The van der Waals surface area contributed by atoms with Gasteiger partial charge in [-0.15, -0.1) is 0 Å². The zero-order chi connectivity index (χ0) is 3.58. The number of carbonyl (C=O) groups is 1. The summed E-state index contributed by atoms with van der Waals surface area (Å²) in [5, 5.41) is 0. The van der Waals surface area contributed by atoms with E-state index in [1.165, 1.54) is 0 Å². The number of rotatable bonds is 0. The fourth-order valence-corrected chi connectivity index (χ4v) is 0. The first kappa shape index (κ1) is 9.11. The second kappa shape index (κ2) is 4.53. The van der Waals surface area contributed by atoms with Crippen LogP contribution >= 0.6 is 0 Å². The predicted octanol–water partition coefficient (Wildman–Crippen LogP) is -0.976. The molecule has 0 saturated heterocycles. The Morgan fingerprint density at radius 3 is 1.40 bits per heavy atom. The van der Waals surface area contributed by atoms with Crippen molar-refractivity contribution in [1.82, 2.24) is 0 Å². The molecular formula is CH4ArN2O. The van der Waals surface area contributed by atoms with E-state index >= 15 is 0 Å². The topological polar surface area (TPSA) is 69.1 Å². The average molecular weight is 100 g/mol. The zero-order valence-corrected chi connectivity index (χ0v) is 3.12. The van der Waals surface area contributed by atoms with Crippen molar-refractivity contribution in [2.45, 2.75) is 0 Å². The summed E-state index contributed by atoms with van der Waals surface area (Å²) in [4.78, 5) is 9.00. The molecule has 0 saturated carbocycles. The molecule has 4 heteroatoms. The molecule has 4 N–H and O–H groups in total. The Labute approximate surface area is 59.7 Å². The SMILES string of the molecule is NC(N)=O.[Ar]. The third kappa shape index (κ3) is 103. The van der Waals surface area contributed by atoms with Crippen LogP contribution in [0.2, 0.25) is 0 Å². The van der Waals surface area contributed by atoms with Gasteiger partial charge < -0.3 is 11.5 Å². The van der Waals surface area contributed by atoms with Gasteiger partial charge in [-0.05, 0) is 0 Å².